The number of anilines is 1. The normalized spacial score (nSPS) is 10.4. The second-order valence-corrected chi connectivity index (χ2v) is 6.03. The Bertz CT molecular complexity index is 915. The quantitative estimate of drug-likeness (QED) is 0.664. The lowest BCUT2D eigenvalue weighted by Crippen LogP contribution is -2.25. The van der Waals surface area contributed by atoms with Crippen LogP contribution in [-0.4, -0.2) is 22.4 Å². The zero-order chi connectivity index (χ0) is 19.1. The van der Waals surface area contributed by atoms with Gasteiger partial charge in [-0.1, -0.05) is 55.5 Å². The van der Waals surface area contributed by atoms with Gasteiger partial charge < -0.3 is 10.6 Å². The monoisotopic (exact) mass is 364 g/mol. The first-order valence-electron chi connectivity index (χ1n) is 8.87. The predicted octanol–water partition coefficient (Wildman–Crippen LogP) is 4.03. The van der Waals surface area contributed by atoms with Gasteiger partial charge in [0.1, 0.15) is 17.3 Å². The van der Waals surface area contributed by atoms with Gasteiger partial charge >= 0.3 is 0 Å². The van der Waals surface area contributed by atoms with E-state index in [-0.39, 0.29) is 24.0 Å². The van der Waals surface area contributed by atoms with Crippen molar-refractivity contribution in [2.24, 2.45) is 0 Å². The van der Waals surface area contributed by atoms with Crippen LogP contribution in [0, 0.1) is 5.82 Å². The van der Waals surface area contributed by atoms with Gasteiger partial charge in [-0.15, -0.1) is 0 Å². The fraction of sp³-hybridized carbons (Fsp3) is 0.190. The van der Waals surface area contributed by atoms with E-state index in [1.54, 1.807) is 24.3 Å². The molecule has 3 rings (SSSR count). The number of amides is 1. The van der Waals surface area contributed by atoms with Crippen molar-refractivity contribution < 1.29 is 9.18 Å². The summed E-state index contributed by atoms with van der Waals surface area (Å²) in [4.78, 5) is 21.5. The molecule has 1 amide bonds. The number of nitrogens with zero attached hydrogens (tertiary/aromatic N) is 2. The van der Waals surface area contributed by atoms with Crippen LogP contribution < -0.4 is 10.6 Å². The number of hydrogen-bond acceptors (Lipinski definition) is 4. The van der Waals surface area contributed by atoms with Crippen LogP contribution in [0.1, 0.15) is 29.4 Å². The molecule has 0 atom stereocenters. The van der Waals surface area contributed by atoms with Gasteiger partial charge in [0.15, 0.2) is 5.82 Å². The summed E-state index contributed by atoms with van der Waals surface area (Å²) in [5, 5.41) is 5.91. The van der Waals surface area contributed by atoms with Crippen molar-refractivity contribution in [2.75, 3.05) is 11.9 Å². The molecule has 3 aromatic rings. The van der Waals surface area contributed by atoms with E-state index < -0.39 is 0 Å². The molecule has 0 fully saturated rings. The molecule has 138 valence electrons. The summed E-state index contributed by atoms with van der Waals surface area (Å²) in [5.41, 5.74) is 1.48. The van der Waals surface area contributed by atoms with Crippen LogP contribution in [0.25, 0.3) is 11.4 Å². The van der Waals surface area contributed by atoms with E-state index in [2.05, 4.69) is 20.6 Å². The number of hydrogen-bond donors (Lipinski definition) is 2. The van der Waals surface area contributed by atoms with E-state index in [9.17, 15) is 9.18 Å². The number of halogens is 1. The van der Waals surface area contributed by atoms with E-state index >= 15 is 0 Å². The van der Waals surface area contributed by atoms with Gasteiger partial charge in [-0.3, -0.25) is 4.79 Å². The van der Waals surface area contributed by atoms with E-state index in [1.165, 1.54) is 6.07 Å². The SMILES string of the molecule is CCCNc1cc(C(=O)NCc2ccccc2F)nc(-c2ccccc2)n1. The first-order chi connectivity index (χ1) is 13.2. The lowest BCUT2D eigenvalue weighted by molar-refractivity contribution is 0.0945. The molecule has 0 aliphatic heterocycles. The summed E-state index contributed by atoms with van der Waals surface area (Å²) < 4.78 is 13.7. The molecule has 2 N–H and O–H groups in total. The molecule has 0 aliphatic carbocycles. The maximum atomic E-state index is 13.7. The average molecular weight is 364 g/mol. The van der Waals surface area contributed by atoms with Crippen molar-refractivity contribution in [3.8, 4) is 11.4 Å². The summed E-state index contributed by atoms with van der Waals surface area (Å²) in [6.07, 6.45) is 0.930. The molecule has 0 spiro atoms. The molecule has 0 bridgehead atoms. The van der Waals surface area contributed by atoms with Crippen molar-refractivity contribution in [3.05, 3.63) is 77.7 Å². The van der Waals surface area contributed by atoms with Gasteiger partial charge in [0.25, 0.3) is 5.91 Å². The first-order valence-corrected chi connectivity index (χ1v) is 8.87. The molecule has 5 nitrogen and oxygen atoms in total. The second-order valence-electron chi connectivity index (χ2n) is 6.03. The summed E-state index contributed by atoms with van der Waals surface area (Å²) in [6, 6.07) is 17.4. The van der Waals surface area contributed by atoms with E-state index in [0.717, 1.165) is 18.5 Å². The molecule has 2 aromatic carbocycles. The van der Waals surface area contributed by atoms with Crippen molar-refractivity contribution in [2.45, 2.75) is 19.9 Å². The zero-order valence-electron chi connectivity index (χ0n) is 15.1. The fourth-order valence-corrected chi connectivity index (χ4v) is 2.53. The van der Waals surface area contributed by atoms with Crippen molar-refractivity contribution in [1.82, 2.24) is 15.3 Å². The number of carbonyl (C=O) groups is 1. The molecule has 0 saturated heterocycles. The predicted molar refractivity (Wildman–Crippen MR) is 104 cm³/mol. The Morgan fingerprint density at radius 1 is 1.04 bits per heavy atom. The van der Waals surface area contributed by atoms with Crippen LogP contribution in [0.15, 0.2) is 60.7 Å². The van der Waals surface area contributed by atoms with Crippen LogP contribution in [0.4, 0.5) is 10.2 Å². The molecule has 0 aliphatic rings. The molecular weight excluding hydrogens is 343 g/mol. The number of carbonyl (C=O) groups excluding carboxylic acids is 1. The largest absolute Gasteiger partial charge is 0.370 e. The topological polar surface area (TPSA) is 66.9 Å². The Labute approximate surface area is 157 Å². The summed E-state index contributed by atoms with van der Waals surface area (Å²) in [5.74, 6) is 0.322. The van der Waals surface area contributed by atoms with Crippen molar-refractivity contribution in [1.29, 1.82) is 0 Å². The Balaban J connectivity index is 1.84. The van der Waals surface area contributed by atoms with Gasteiger partial charge in [-0.25, -0.2) is 14.4 Å². The summed E-state index contributed by atoms with van der Waals surface area (Å²) in [7, 11) is 0. The number of rotatable bonds is 7. The fourth-order valence-electron chi connectivity index (χ4n) is 2.53. The molecule has 1 heterocycles. The standard InChI is InChI=1S/C21H21FN4O/c1-2-12-23-19-13-18(25-20(26-19)15-8-4-3-5-9-15)21(27)24-14-16-10-6-7-11-17(16)22/h3-11,13H,2,12,14H2,1H3,(H,24,27)(H,23,25,26). The molecule has 27 heavy (non-hydrogen) atoms. The second kappa shape index (κ2) is 8.89. The highest BCUT2D eigenvalue weighted by Gasteiger charge is 2.13. The van der Waals surface area contributed by atoms with E-state index in [0.29, 0.717) is 17.2 Å². The van der Waals surface area contributed by atoms with Gasteiger partial charge in [0.05, 0.1) is 0 Å². The van der Waals surface area contributed by atoms with Crippen molar-refractivity contribution in [3.63, 3.8) is 0 Å². The zero-order valence-corrected chi connectivity index (χ0v) is 15.1. The van der Waals surface area contributed by atoms with Crippen molar-refractivity contribution >= 4 is 11.7 Å². The third-order valence-electron chi connectivity index (χ3n) is 3.94. The molecule has 1 aromatic heterocycles. The smallest absolute Gasteiger partial charge is 0.270 e. The van der Waals surface area contributed by atoms with Gasteiger partial charge in [-0.05, 0) is 12.5 Å². The average Bonchev–Trinajstić information content (AvgIpc) is 2.72. The summed E-state index contributed by atoms with van der Waals surface area (Å²) in [6.45, 7) is 2.88. The first kappa shape index (κ1) is 18.5. The third kappa shape index (κ3) is 4.88. The van der Waals surface area contributed by atoms with Crippen LogP contribution in [0.2, 0.25) is 0 Å². The minimum absolute atomic E-state index is 0.0912. The van der Waals surface area contributed by atoms with Crippen LogP contribution in [0.3, 0.4) is 0 Å². The number of benzene rings is 2. The maximum Gasteiger partial charge on any atom is 0.270 e. The Hall–Kier alpha value is -3.28. The Kier molecular flexibility index (Phi) is 6.10. The molecule has 0 radical (unpaired) electrons. The molecule has 0 saturated carbocycles. The third-order valence-corrected chi connectivity index (χ3v) is 3.94. The van der Waals surface area contributed by atoms with Crippen LogP contribution in [-0.2, 0) is 6.54 Å². The number of nitrogens with one attached hydrogen (secondary N) is 2. The van der Waals surface area contributed by atoms with E-state index in [4.69, 9.17) is 0 Å². The van der Waals surface area contributed by atoms with Gasteiger partial charge in [-0.2, -0.15) is 0 Å². The lowest BCUT2D eigenvalue weighted by Gasteiger charge is -2.10. The lowest BCUT2D eigenvalue weighted by atomic mass is 10.2. The van der Waals surface area contributed by atoms with E-state index in [1.807, 2.05) is 37.3 Å². The Morgan fingerprint density at radius 2 is 1.78 bits per heavy atom. The molecule has 6 heteroatoms. The van der Waals surface area contributed by atoms with Crippen LogP contribution >= 0.6 is 0 Å². The highest BCUT2D eigenvalue weighted by Crippen LogP contribution is 2.18. The minimum Gasteiger partial charge on any atom is -0.370 e. The highest BCUT2D eigenvalue weighted by atomic mass is 19.1. The molecule has 0 unspecified atom stereocenters. The highest BCUT2D eigenvalue weighted by molar-refractivity contribution is 5.93. The number of aromatic nitrogens is 2. The molecular formula is C21H21FN4O. The van der Waals surface area contributed by atoms with Crippen LogP contribution in [0.5, 0.6) is 0 Å². The van der Waals surface area contributed by atoms with Gasteiger partial charge in [0, 0.05) is 30.3 Å². The van der Waals surface area contributed by atoms with Gasteiger partial charge in [0.2, 0.25) is 0 Å². The maximum absolute atomic E-state index is 13.7. The Morgan fingerprint density at radius 3 is 2.52 bits per heavy atom. The summed E-state index contributed by atoms with van der Waals surface area (Å²) >= 11 is 0. The minimum atomic E-state index is -0.377.